The van der Waals surface area contributed by atoms with Gasteiger partial charge >= 0.3 is 11.9 Å². The number of morpholine rings is 1. The second-order valence-electron chi connectivity index (χ2n) is 8.23. The molecule has 8 nitrogen and oxygen atoms in total. The molecule has 37 heavy (non-hydrogen) atoms. The minimum atomic E-state index is -4.40. The summed E-state index contributed by atoms with van der Waals surface area (Å²) >= 11 is 7.72. The van der Waals surface area contributed by atoms with Crippen LogP contribution in [-0.2, 0) is 24.1 Å². The predicted molar refractivity (Wildman–Crippen MR) is 131 cm³/mol. The van der Waals surface area contributed by atoms with Gasteiger partial charge < -0.3 is 9.47 Å². The molecule has 4 aromatic rings. The van der Waals surface area contributed by atoms with E-state index in [0.717, 1.165) is 35.8 Å². The van der Waals surface area contributed by atoms with Crippen molar-refractivity contribution in [3.63, 3.8) is 0 Å². The quantitative estimate of drug-likeness (QED) is 0.335. The number of hydrogen-bond donors (Lipinski definition) is 1. The second-order valence-corrected chi connectivity index (χ2v) is 9.72. The second kappa shape index (κ2) is 10.7. The summed E-state index contributed by atoms with van der Waals surface area (Å²) in [7, 11) is 0. The van der Waals surface area contributed by atoms with E-state index < -0.39 is 17.5 Å². The number of H-pyrrole nitrogens is 1. The van der Waals surface area contributed by atoms with E-state index in [0.29, 0.717) is 46.7 Å². The first-order valence-electron chi connectivity index (χ1n) is 11.2. The number of thiazole rings is 1. The van der Waals surface area contributed by atoms with Gasteiger partial charge in [0.2, 0.25) is 0 Å². The van der Waals surface area contributed by atoms with Crippen molar-refractivity contribution in [1.29, 1.82) is 0 Å². The monoisotopic (exact) mass is 552 g/mol. The van der Waals surface area contributed by atoms with Crippen LogP contribution >= 0.6 is 22.9 Å². The topological polar surface area (TPSA) is 93.5 Å². The molecule has 2 aromatic heterocycles. The van der Waals surface area contributed by atoms with Gasteiger partial charge in [-0.3, -0.25) is 14.4 Å². The molecule has 2 aromatic carbocycles. The molecular formula is C24H20ClF3N4O4S. The fourth-order valence-electron chi connectivity index (χ4n) is 3.79. The Bertz CT molecular complexity index is 1430. The molecule has 13 heteroatoms. The highest BCUT2D eigenvalue weighted by atomic mass is 35.5. The Hall–Kier alpha value is -3.19. The zero-order valence-electron chi connectivity index (χ0n) is 19.2. The van der Waals surface area contributed by atoms with Gasteiger partial charge in [-0.1, -0.05) is 28.9 Å². The number of hydrogen-bond acceptors (Lipinski definition) is 8. The third-order valence-corrected chi connectivity index (χ3v) is 7.15. The summed E-state index contributed by atoms with van der Waals surface area (Å²) in [5.41, 5.74) is 1.17. The number of benzene rings is 2. The lowest BCUT2D eigenvalue weighted by molar-refractivity contribution is -0.137. The average molecular weight is 553 g/mol. The van der Waals surface area contributed by atoms with Gasteiger partial charge in [-0.05, 0) is 30.3 Å². The molecule has 0 radical (unpaired) electrons. The molecule has 3 heterocycles. The summed E-state index contributed by atoms with van der Waals surface area (Å²) in [4.78, 5) is 21.5. The van der Waals surface area contributed by atoms with Crippen molar-refractivity contribution < 1.29 is 27.2 Å². The van der Waals surface area contributed by atoms with Crippen LogP contribution in [0.15, 0.2) is 51.8 Å². The van der Waals surface area contributed by atoms with Gasteiger partial charge in [0.05, 0.1) is 34.4 Å². The molecule has 1 saturated heterocycles. The minimum Gasteiger partial charge on any atom is -0.488 e. The fraction of sp³-hybridized carbons (Fsp3) is 0.292. The summed E-state index contributed by atoms with van der Waals surface area (Å²) in [6, 6.07) is 9.91. The lowest BCUT2D eigenvalue weighted by atomic mass is 10.1. The summed E-state index contributed by atoms with van der Waals surface area (Å²) in [6.07, 6.45) is -4.40. The van der Waals surface area contributed by atoms with Crippen molar-refractivity contribution in [2.75, 3.05) is 26.3 Å². The van der Waals surface area contributed by atoms with E-state index in [9.17, 15) is 18.0 Å². The number of aromatic nitrogens is 3. The van der Waals surface area contributed by atoms with Crippen LogP contribution in [0.4, 0.5) is 13.2 Å². The molecule has 0 atom stereocenters. The Morgan fingerprint density at radius 1 is 1.14 bits per heavy atom. The summed E-state index contributed by atoms with van der Waals surface area (Å²) in [5, 5.41) is 4.56. The van der Waals surface area contributed by atoms with E-state index in [2.05, 4.69) is 19.6 Å². The van der Waals surface area contributed by atoms with Crippen LogP contribution < -0.4 is 10.5 Å². The Kier molecular flexibility index (Phi) is 7.33. The number of ether oxygens (including phenoxy) is 2. The predicted octanol–water partition coefficient (Wildman–Crippen LogP) is 5.24. The van der Waals surface area contributed by atoms with Crippen molar-refractivity contribution in [3.05, 3.63) is 74.2 Å². The molecule has 1 aliphatic heterocycles. The van der Waals surface area contributed by atoms with E-state index in [1.54, 1.807) is 18.2 Å². The van der Waals surface area contributed by atoms with E-state index in [-0.39, 0.29) is 12.4 Å². The molecule has 0 spiro atoms. The van der Waals surface area contributed by atoms with Crippen LogP contribution in [0.3, 0.4) is 0 Å². The van der Waals surface area contributed by atoms with Crippen LogP contribution in [-0.4, -0.2) is 46.3 Å². The lowest BCUT2D eigenvalue weighted by Crippen LogP contribution is -2.36. The van der Waals surface area contributed by atoms with Crippen LogP contribution in [0.1, 0.15) is 16.1 Å². The third-order valence-electron chi connectivity index (χ3n) is 5.72. The number of halogens is 4. The van der Waals surface area contributed by atoms with Gasteiger partial charge in [-0.2, -0.15) is 13.2 Å². The zero-order chi connectivity index (χ0) is 26.0. The van der Waals surface area contributed by atoms with E-state index in [4.69, 9.17) is 26.1 Å². The largest absolute Gasteiger partial charge is 0.488 e. The highest BCUT2D eigenvalue weighted by Crippen LogP contribution is 2.34. The van der Waals surface area contributed by atoms with Gasteiger partial charge in [0.1, 0.15) is 17.4 Å². The van der Waals surface area contributed by atoms with Gasteiger partial charge in [-0.15, -0.1) is 11.3 Å². The first-order valence-corrected chi connectivity index (χ1v) is 12.4. The number of aromatic amines is 1. The molecule has 0 unspecified atom stereocenters. The molecule has 5 rings (SSSR count). The molecule has 1 N–H and O–H groups in total. The van der Waals surface area contributed by atoms with E-state index in [1.807, 2.05) is 0 Å². The highest BCUT2D eigenvalue weighted by molar-refractivity contribution is 7.15. The zero-order valence-corrected chi connectivity index (χ0v) is 20.8. The molecule has 1 aliphatic rings. The molecule has 194 valence electrons. The van der Waals surface area contributed by atoms with Crippen molar-refractivity contribution in [2.45, 2.75) is 19.3 Å². The SMILES string of the molecule is O=c1[nH]c(-c2ccc(OCc3sc(-c4ccc(C(F)(F)F)cc4)nc3CN3CCOCC3)cc2Cl)no1. The van der Waals surface area contributed by atoms with Crippen LogP contribution in [0, 0.1) is 0 Å². The molecule has 1 fully saturated rings. The Labute approximate surface area is 217 Å². The first-order chi connectivity index (χ1) is 17.8. The van der Waals surface area contributed by atoms with Crippen LogP contribution in [0.5, 0.6) is 5.75 Å². The molecular weight excluding hydrogens is 533 g/mol. The summed E-state index contributed by atoms with van der Waals surface area (Å²) in [5.74, 6) is 0.00705. The van der Waals surface area contributed by atoms with Gasteiger partial charge in [0.25, 0.3) is 0 Å². The minimum absolute atomic E-state index is 0.189. The van der Waals surface area contributed by atoms with E-state index in [1.165, 1.54) is 23.5 Å². The van der Waals surface area contributed by atoms with Crippen molar-refractivity contribution in [1.82, 2.24) is 20.0 Å². The van der Waals surface area contributed by atoms with Crippen LogP contribution in [0.2, 0.25) is 5.02 Å². The molecule has 0 bridgehead atoms. The van der Waals surface area contributed by atoms with Crippen molar-refractivity contribution >= 4 is 22.9 Å². The molecule has 0 amide bonds. The Morgan fingerprint density at radius 2 is 1.89 bits per heavy atom. The number of alkyl halides is 3. The number of rotatable bonds is 7. The first kappa shape index (κ1) is 25.5. The smallest absolute Gasteiger partial charge is 0.439 e. The summed E-state index contributed by atoms with van der Waals surface area (Å²) in [6.45, 7) is 3.53. The third kappa shape index (κ3) is 6.04. The normalized spacial score (nSPS) is 14.7. The lowest BCUT2D eigenvalue weighted by Gasteiger charge is -2.26. The maximum absolute atomic E-state index is 13.0. The van der Waals surface area contributed by atoms with Gasteiger partial charge in [0.15, 0.2) is 5.82 Å². The van der Waals surface area contributed by atoms with Gasteiger partial charge in [0, 0.05) is 30.8 Å². The highest BCUT2D eigenvalue weighted by Gasteiger charge is 2.30. The Morgan fingerprint density at radius 3 is 2.54 bits per heavy atom. The number of nitrogens with zero attached hydrogens (tertiary/aromatic N) is 3. The van der Waals surface area contributed by atoms with Crippen molar-refractivity contribution in [2.24, 2.45) is 0 Å². The van der Waals surface area contributed by atoms with E-state index >= 15 is 0 Å². The fourth-order valence-corrected chi connectivity index (χ4v) is 5.04. The standard InChI is InChI=1S/C24H20ClF3N4O4S/c25-18-11-16(5-6-17(18)21-30-23(33)36-31-21)35-13-20-19(12-32-7-9-34-10-8-32)29-22(37-20)14-1-3-15(4-2-14)24(26,27)28/h1-6,11H,7-10,12-13H2,(H,30,31,33). The molecule has 0 saturated carbocycles. The maximum Gasteiger partial charge on any atom is 0.439 e. The van der Waals surface area contributed by atoms with Gasteiger partial charge in [-0.25, -0.2) is 9.78 Å². The average Bonchev–Trinajstić information content (AvgIpc) is 3.49. The number of nitrogens with one attached hydrogen (secondary N) is 1. The van der Waals surface area contributed by atoms with Crippen molar-refractivity contribution in [3.8, 4) is 27.7 Å². The van der Waals surface area contributed by atoms with Crippen LogP contribution in [0.25, 0.3) is 22.0 Å². The maximum atomic E-state index is 13.0. The summed E-state index contributed by atoms with van der Waals surface area (Å²) < 4.78 is 54.9. The Balaban J connectivity index is 1.37. The molecule has 0 aliphatic carbocycles.